The first-order chi connectivity index (χ1) is 13.2. The number of aliphatic hydroxyl groups excluding tert-OH is 2. The summed E-state index contributed by atoms with van der Waals surface area (Å²) < 4.78 is 0. The lowest BCUT2D eigenvalue weighted by atomic mass is 10.00. The Morgan fingerprint density at radius 1 is 1.18 bits per heavy atom. The van der Waals surface area contributed by atoms with E-state index in [4.69, 9.17) is 0 Å². The highest BCUT2D eigenvalue weighted by Crippen LogP contribution is 2.31. The summed E-state index contributed by atoms with van der Waals surface area (Å²) in [5, 5.41) is 38.6. The van der Waals surface area contributed by atoms with Crippen molar-refractivity contribution >= 4 is 5.78 Å². The molecule has 2 rings (SSSR count). The first-order valence-electron chi connectivity index (χ1n) is 8.68. The molecule has 5 N–H and O–H groups in total. The van der Waals surface area contributed by atoms with Gasteiger partial charge in [0.1, 0.15) is 17.1 Å². The summed E-state index contributed by atoms with van der Waals surface area (Å²) in [5.74, 6) is -1.57. The van der Waals surface area contributed by atoms with E-state index in [0.29, 0.717) is 11.1 Å². The number of hydrogen-bond donors (Lipinski definition) is 5. The molecule has 0 saturated heterocycles. The number of ketones is 1. The molecule has 7 nitrogen and oxygen atoms in total. The zero-order chi connectivity index (χ0) is 20.8. The number of rotatable bonds is 7. The summed E-state index contributed by atoms with van der Waals surface area (Å²) >= 11 is 0. The van der Waals surface area contributed by atoms with Crippen LogP contribution >= 0.6 is 0 Å². The lowest BCUT2D eigenvalue weighted by molar-refractivity contribution is 0.104. The highest BCUT2D eigenvalue weighted by Gasteiger charge is 2.18. The van der Waals surface area contributed by atoms with E-state index >= 15 is 0 Å². The largest absolute Gasteiger partial charge is 0.508 e. The van der Waals surface area contributed by atoms with Crippen LogP contribution in [0.2, 0.25) is 0 Å². The number of aromatic amines is 1. The lowest BCUT2D eigenvalue weighted by Gasteiger charge is -2.13. The molecule has 0 saturated carbocycles. The molecule has 0 aliphatic rings. The molecule has 0 aliphatic carbocycles. The van der Waals surface area contributed by atoms with Gasteiger partial charge in [-0.25, -0.2) is 0 Å². The van der Waals surface area contributed by atoms with E-state index in [2.05, 4.69) is 4.98 Å². The second-order valence-corrected chi connectivity index (χ2v) is 6.50. The molecule has 0 spiro atoms. The summed E-state index contributed by atoms with van der Waals surface area (Å²) in [7, 11) is 0. The summed E-state index contributed by atoms with van der Waals surface area (Å²) in [6.07, 6.45) is 4.75. The summed E-state index contributed by atoms with van der Waals surface area (Å²) in [5.41, 5.74) is 0.248. The third-order valence-corrected chi connectivity index (χ3v) is 4.30. The Balaban J connectivity index is 2.35. The maximum atomic E-state index is 12.5. The van der Waals surface area contributed by atoms with Crippen LogP contribution in [-0.4, -0.2) is 43.9 Å². The molecule has 0 amide bonds. The van der Waals surface area contributed by atoms with Crippen LogP contribution in [0.3, 0.4) is 0 Å². The number of aromatic hydroxyl groups is 2. The van der Waals surface area contributed by atoms with Gasteiger partial charge in [-0.1, -0.05) is 29.9 Å². The number of allylic oxidation sites excluding steroid dienone is 3. The van der Waals surface area contributed by atoms with Crippen molar-refractivity contribution in [2.24, 2.45) is 5.92 Å². The molecule has 0 aliphatic heterocycles. The molecule has 7 heteroatoms. The Morgan fingerprint density at radius 3 is 2.39 bits per heavy atom. The Bertz CT molecular complexity index is 954. The molecule has 1 heterocycles. The van der Waals surface area contributed by atoms with Crippen molar-refractivity contribution in [1.82, 2.24) is 4.98 Å². The number of phenols is 1. The Labute approximate surface area is 161 Å². The van der Waals surface area contributed by atoms with Gasteiger partial charge < -0.3 is 25.4 Å². The number of phenolic OH excluding ortho intramolecular Hbond substituents is 1. The van der Waals surface area contributed by atoms with Gasteiger partial charge in [-0.2, -0.15) is 0 Å². The lowest BCUT2D eigenvalue weighted by Crippen LogP contribution is -2.18. The first-order valence-corrected chi connectivity index (χ1v) is 8.68. The second kappa shape index (κ2) is 9.16. The molecule has 2 atom stereocenters. The number of H-pyrrole nitrogens is 1. The Kier molecular flexibility index (Phi) is 6.92. The molecule has 148 valence electrons. The van der Waals surface area contributed by atoms with Gasteiger partial charge >= 0.3 is 0 Å². The van der Waals surface area contributed by atoms with Crippen molar-refractivity contribution in [2.45, 2.75) is 20.0 Å². The van der Waals surface area contributed by atoms with Crippen molar-refractivity contribution in [3.05, 3.63) is 70.2 Å². The summed E-state index contributed by atoms with van der Waals surface area (Å²) in [6.45, 7) is 2.99. The molecule has 1 aromatic carbocycles. The van der Waals surface area contributed by atoms with E-state index in [1.54, 1.807) is 32.1 Å². The molecular formula is C21H23NO6. The van der Waals surface area contributed by atoms with Gasteiger partial charge in [0.2, 0.25) is 0 Å². The topological polar surface area (TPSA) is 131 Å². The third-order valence-electron chi connectivity index (χ3n) is 4.30. The number of aromatic nitrogens is 1. The van der Waals surface area contributed by atoms with Gasteiger partial charge in [0, 0.05) is 17.7 Å². The first kappa shape index (κ1) is 21.1. The van der Waals surface area contributed by atoms with E-state index in [9.17, 15) is 30.0 Å². The van der Waals surface area contributed by atoms with E-state index in [-0.39, 0.29) is 17.9 Å². The van der Waals surface area contributed by atoms with Gasteiger partial charge in [-0.05, 0) is 37.6 Å². The number of pyridine rings is 1. The third kappa shape index (κ3) is 4.97. The average Bonchev–Trinajstić information content (AvgIpc) is 2.65. The fourth-order valence-electron chi connectivity index (χ4n) is 2.64. The molecule has 0 fully saturated rings. The highest BCUT2D eigenvalue weighted by atomic mass is 16.3. The molecule has 28 heavy (non-hydrogen) atoms. The summed E-state index contributed by atoms with van der Waals surface area (Å²) in [4.78, 5) is 27.0. The predicted octanol–water partition coefficient (Wildman–Crippen LogP) is 2.13. The predicted molar refractivity (Wildman–Crippen MR) is 105 cm³/mol. The van der Waals surface area contributed by atoms with Crippen LogP contribution in [0.25, 0.3) is 11.1 Å². The zero-order valence-electron chi connectivity index (χ0n) is 15.6. The normalized spacial score (nSPS) is 14.2. The van der Waals surface area contributed by atoms with Crippen molar-refractivity contribution < 1.29 is 25.2 Å². The quantitative estimate of drug-likeness (QED) is 0.282. The molecule has 0 bridgehead atoms. The number of benzene rings is 1. The van der Waals surface area contributed by atoms with Crippen molar-refractivity contribution in [1.29, 1.82) is 0 Å². The smallest absolute Gasteiger partial charge is 0.263 e. The monoisotopic (exact) mass is 385 g/mol. The van der Waals surface area contributed by atoms with Crippen LogP contribution in [0.15, 0.2) is 59.1 Å². The van der Waals surface area contributed by atoms with Crippen molar-refractivity contribution in [3.63, 3.8) is 0 Å². The standard InChI is InChI=1S/C21H23NO6/c1-12(9-15(11-23)13(2)24)3-8-18(26)19-20(27)17(10-22-21(19)28)14-4-6-16(25)7-5-14/h3-10,13,15,23-25H,11H2,1-2H3,(H2,22,27,28). The van der Waals surface area contributed by atoms with E-state index in [0.717, 1.165) is 6.08 Å². The fourth-order valence-corrected chi connectivity index (χ4v) is 2.64. The van der Waals surface area contributed by atoms with Crippen LogP contribution in [-0.2, 0) is 0 Å². The van der Waals surface area contributed by atoms with Gasteiger partial charge in [0.05, 0.1) is 12.7 Å². The minimum Gasteiger partial charge on any atom is -0.508 e. The van der Waals surface area contributed by atoms with Gasteiger partial charge in [-0.15, -0.1) is 0 Å². The van der Waals surface area contributed by atoms with E-state index in [1.165, 1.54) is 24.4 Å². The average molecular weight is 385 g/mol. The van der Waals surface area contributed by atoms with Crippen LogP contribution in [0.1, 0.15) is 24.2 Å². The maximum Gasteiger partial charge on any atom is 0.263 e. The number of nitrogens with one attached hydrogen (secondary N) is 1. The maximum absolute atomic E-state index is 12.5. The van der Waals surface area contributed by atoms with Crippen LogP contribution in [0.5, 0.6) is 11.5 Å². The van der Waals surface area contributed by atoms with Crippen LogP contribution < -0.4 is 5.56 Å². The number of carbonyl (C=O) groups is 1. The van der Waals surface area contributed by atoms with Crippen molar-refractivity contribution in [2.75, 3.05) is 6.61 Å². The van der Waals surface area contributed by atoms with Crippen LogP contribution in [0, 0.1) is 5.92 Å². The fraction of sp³-hybridized carbons (Fsp3) is 0.238. The SMILES string of the molecule is CC(C=CC(=O)c1c(O)c(-c2ccc(O)cc2)c[nH]c1=O)=CC(CO)C(C)O. The van der Waals surface area contributed by atoms with Crippen molar-refractivity contribution in [3.8, 4) is 22.6 Å². The molecule has 1 aromatic heterocycles. The Hall–Kier alpha value is -3.16. The number of carbonyl (C=O) groups excluding carboxylic acids is 1. The molecule has 2 unspecified atom stereocenters. The van der Waals surface area contributed by atoms with Gasteiger partial charge in [0.15, 0.2) is 5.78 Å². The second-order valence-electron chi connectivity index (χ2n) is 6.50. The highest BCUT2D eigenvalue weighted by molar-refractivity contribution is 6.07. The molecular weight excluding hydrogens is 362 g/mol. The minimum atomic E-state index is -0.752. The van der Waals surface area contributed by atoms with Gasteiger partial charge in [-0.3, -0.25) is 9.59 Å². The molecule has 2 aromatic rings. The number of aliphatic hydroxyl groups is 2. The number of hydrogen-bond acceptors (Lipinski definition) is 6. The van der Waals surface area contributed by atoms with E-state index in [1.807, 2.05) is 0 Å². The molecule has 0 radical (unpaired) electrons. The minimum absolute atomic E-state index is 0.0486. The van der Waals surface area contributed by atoms with Crippen LogP contribution in [0.4, 0.5) is 0 Å². The van der Waals surface area contributed by atoms with E-state index < -0.39 is 34.7 Å². The summed E-state index contributed by atoms with van der Waals surface area (Å²) in [6, 6.07) is 5.94. The zero-order valence-corrected chi connectivity index (χ0v) is 15.6. The van der Waals surface area contributed by atoms with Gasteiger partial charge in [0.25, 0.3) is 5.56 Å². The Morgan fingerprint density at radius 2 is 1.82 bits per heavy atom.